The molecule has 1 heterocycles. The molecule has 100 valence electrons. The highest BCUT2D eigenvalue weighted by atomic mass is 79.9. The van der Waals surface area contributed by atoms with Crippen molar-refractivity contribution in [1.29, 1.82) is 0 Å². The van der Waals surface area contributed by atoms with Gasteiger partial charge < -0.3 is 0 Å². The Balaban J connectivity index is 2.11. The van der Waals surface area contributed by atoms with Crippen molar-refractivity contribution in [2.24, 2.45) is 0 Å². The van der Waals surface area contributed by atoms with Gasteiger partial charge in [-0.1, -0.05) is 53.2 Å². The molecule has 1 aromatic heterocycles. The molecule has 0 amide bonds. The summed E-state index contributed by atoms with van der Waals surface area (Å²) in [5.74, 6) is 0. The van der Waals surface area contributed by atoms with Crippen molar-refractivity contribution in [1.82, 2.24) is 10.5 Å². The van der Waals surface area contributed by atoms with Gasteiger partial charge in [0.25, 0.3) is 0 Å². The molecule has 19 heavy (non-hydrogen) atoms. The number of nitrogens with zero attached hydrogens (tertiary/aromatic N) is 1. The van der Waals surface area contributed by atoms with E-state index in [0.717, 1.165) is 28.4 Å². The van der Waals surface area contributed by atoms with Crippen LogP contribution in [-0.2, 0) is 4.84 Å². The zero-order valence-electron chi connectivity index (χ0n) is 10.6. The summed E-state index contributed by atoms with van der Waals surface area (Å²) >= 11 is 4.95. The van der Waals surface area contributed by atoms with Crippen molar-refractivity contribution >= 4 is 33.0 Å². The van der Waals surface area contributed by atoms with Crippen molar-refractivity contribution < 1.29 is 4.84 Å². The lowest BCUT2D eigenvalue weighted by molar-refractivity contribution is 0.0789. The van der Waals surface area contributed by atoms with Gasteiger partial charge in [0.1, 0.15) is 10.7 Å². The lowest BCUT2D eigenvalue weighted by Gasteiger charge is -2.06. The second-order valence-electron chi connectivity index (χ2n) is 3.88. The first-order valence-electron chi connectivity index (χ1n) is 6.04. The summed E-state index contributed by atoms with van der Waals surface area (Å²) in [7, 11) is 0. The van der Waals surface area contributed by atoms with E-state index in [2.05, 4.69) is 45.5 Å². The molecule has 3 nitrogen and oxygen atoms in total. The van der Waals surface area contributed by atoms with Crippen LogP contribution in [0.3, 0.4) is 0 Å². The maximum Gasteiger partial charge on any atom is 0.124 e. The lowest BCUT2D eigenvalue weighted by atomic mass is 10.2. The van der Waals surface area contributed by atoms with E-state index in [9.17, 15) is 0 Å². The molecule has 0 aliphatic rings. The molecule has 0 unspecified atom stereocenters. The second-order valence-corrected chi connectivity index (χ2v) is 5.19. The Kier molecular flexibility index (Phi) is 5.57. The van der Waals surface area contributed by atoms with E-state index in [1.165, 1.54) is 0 Å². The van der Waals surface area contributed by atoms with Crippen molar-refractivity contribution in [3.8, 4) is 10.6 Å². The van der Waals surface area contributed by atoms with Crippen LogP contribution in [0.25, 0.3) is 16.3 Å². The summed E-state index contributed by atoms with van der Waals surface area (Å²) in [6, 6.07) is 10.1. The molecule has 2 aromatic rings. The number of aromatic nitrogens is 1. The van der Waals surface area contributed by atoms with Crippen LogP contribution in [-0.4, -0.2) is 11.6 Å². The third-order valence-electron chi connectivity index (χ3n) is 2.40. The topological polar surface area (TPSA) is 34.1 Å². The fourth-order valence-corrected chi connectivity index (χ4v) is 2.63. The van der Waals surface area contributed by atoms with Crippen LogP contribution >= 0.6 is 27.3 Å². The van der Waals surface area contributed by atoms with Gasteiger partial charge in [-0.25, -0.2) is 4.98 Å². The number of hydrogen-bond donors (Lipinski definition) is 1. The first-order chi connectivity index (χ1) is 9.35. The summed E-state index contributed by atoms with van der Waals surface area (Å²) < 4.78 is 0. The van der Waals surface area contributed by atoms with E-state index >= 15 is 0 Å². The van der Waals surface area contributed by atoms with Gasteiger partial charge in [0, 0.05) is 15.9 Å². The van der Waals surface area contributed by atoms with Crippen LogP contribution in [0.4, 0.5) is 0 Å². The normalized spacial score (nSPS) is 11.6. The number of halogens is 1. The van der Waals surface area contributed by atoms with Crippen LogP contribution in [0.2, 0.25) is 0 Å². The molecule has 0 fully saturated rings. The average molecular weight is 339 g/mol. The number of hydroxylamine groups is 1. The van der Waals surface area contributed by atoms with E-state index in [0.29, 0.717) is 6.61 Å². The van der Waals surface area contributed by atoms with E-state index in [-0.39, 0.29) is 0 Å². The van der Waals surface area contributed by atoms with Crippen LogP contribution in [0.15, 0.2) is 40.7 Å². The Morgan fingerprint density at radius 2 is 2.21 bits per heavy atom. The molecule has 1 N–H and O–H groups in total. The fraction of sp³-hybridized carbons (Fsp3) is 0.214. The van der Waals surface area contributed by atoms with Crippen LogP contribution in [0.1, 0.15) is 19.0 Å². The van der Waals surface area contributed by atoms with E-state index in [1.807, 2.05) is 23.6 Å². The molecule has 0 aliphatic carbocycles. The standard InChI is InChI=1S/C14H15BrN2OS/c1-2-8-18-17-12(9-15)13-10-19-14(16-13)11-6-4-3-5-7-11/h3-7,9-10,17H,2,8H2,1H3. The van der Waals surface area contributed by atoms with Gasteiger partial charge in [0.15, 0.2) is 0 Å². The average Bonchev–Trinajstić information content (AvgIpc) is 2.94. The van der Waals surface area contributed by atoms with Crippen LogP contribution in [0, 0.1) is 0 Å². The third-order valence-corrected chi connectivity index (χ3v) is 3.75. The van der Waals surface area contributed by atoms with E-state index in [4.69, 9.17) is 4.84 Å². The van der Waals surface area contributed by atoms with Crippen molar-refractivity contribution in [3.05, 3.63) is 46.4 Å². The Bertz CT molecular complexity index is 539. The highest BCUT2D eigenvalue weighted by Gasteiger charge is 2.08. The van der Waals surface area contributed by atoms with Gasteiger partial charge in [0.2, 0.25) is 0 Å². The minimum atomic E-state index is 0.667. The summed E-state index contributed by atoms with van der Waals surface area (Å²) in [5, 5.41) is 3.01. The van der Waals surface area contributed by atoms with Gasteiger partial charge in [0.05, 0.1) is 12.3 Å². The van der Waals surface area contributed by atoms with Crippen molar-refractivity contribution in [2.45, 2.75) is 13.3 Å². The zero-order chi connectivity index (χ0) is 13.5. The smallest absolute Gasteiger partial charge is 0.124 e. The van der Waals surface area contributed by atoms with Gasteiger partial charge in [-0.05, 0) is 6.42 Å². The predicted octanol–water partition coefficient (Wildman–Crippen LogP) is 4.43. The molecular formula is C14H15BrN2OS. The van der Waals surface area contributed by atoms with Crippen molar-refractivity contribution in [2.75, 3.05) is 6.61 Å². The molecule has 5 heteroatoms. The van der Waals surface area contributed by atoms with Crippen LogP contribution in [0.5, 0.6) is 0 Å². The molecule has 0 saturated heterocycles. The van der Waals surface area contributed by atoms with Crippen LogP contribution < -0.4 is 5.48 Å². The third kappa shape index (κ3) is 3.89. The SMILES string of the molecule is CCCONC(=CBr)c1csc(-c2ccccc2)n1. The van der Waals surface area contributed by atoms with Crippen molar-refractivity contribution in [3.63, 3.8) is 0 Å². The molecule has 1 aromatic carbocycles. The highest BCUT2D eigenvalue weighted by Crippen LogP contribution is 2.26. The largest absolute Gasteiger partial charge is 0.276 e. The number of rotatable bonds is 6. The number of nitrogens with one attached hydrogen (secondary N) is 1. The van der Waals surface area contributed by atoms with Gasteiger partial charge in [-0.2, -0.15) is 0 Å². The Hall–Kier alpha value is -1.17. The first-order valence-corrected chi connectivity index (χ1v) is 7.84. The zero-order valence-corrected chi connectivity index (χ0v) is 13.0. The summed E-state index contributed by atoms with van der Waals surface area (Å²) in [5.41, 5.74) is 5.73. The Morgan fingerprint density at radius 1 is 1.42 bits per heavy atom. The minimum Gasteiger partial charge on any atom is -0.276 e. The molecule has 0 spiro atoms. The van der Waals surface area contributed by atoms with E-state index in [1.54, 1.807) is 16.3 Å². The van der Waals surface area contributed by atoms with E-state index < -0.39 is 0 Å². The summed E-state index contributed by atoms with van der Waals surface area (Å²) in [6.45, 7) is 2.73. The molecule has 0 bridgehead atoms. The van der Waals surface area contributed by atoms with Gasteiger partial charge in [-0.15, -0.1) is 11.3 Å². The quantitative estimate of drug-likeness (QED) is 0.624. The predicted molar refractivity (Wildman–Crippen MR) is 83.8 cm³/mol. The molecule has 0 saturated carbocycles. The number of hydrogen-bond acceptors (Lipinski definition) is 4. The highest BCUT2D eigenvalue weighted by molar-refractivity contribution is 9.11. The lowest BCUT2D eigenvalue weighted by Crippen LogP contribution is -2.13. The Labute approximate surface area is 125 Å². The number of thiazole rings is 1. The fourth-order valence-electron chi connectivity index (χ4n) is 1.47. The summed E-state index contributed by atoms with van der Waals surface area (Å²) in [4.78, 5) is 11.7. The molecule has 0 atom stereocenters. The minimum absolute atomic E-state index is 0.667. The Morgan fingerprint density at radius 3 is 2.89 bits per heavy atom. The maximum atomic E-state index is 5.32. The molecule has 2 rings (SSSR count). The number of benzene rings is 1. The molecule has 0 aliphatic heterocycles. The monoisotopic (exact) mass is 338 g/mol. The summed E-state index contributed by atoms with van der Waals surface area (Å²) in [6.07, 6.45) is 0.967. The maximum absolute atomic E-state index is 5.32. The van der Waals surface area contributed by atoms with Gasteiger partial charge in [-0.3, -0.25) is 10.3 Å². The second kappa shape index (κ2) is 7.43. The van der Waals surface area contributed by atoms with Gasteiger partial charge >= 0.3 is 0 Å². The molecule has 0 radical (unpaired) electrons. The first kappa shape index (κ1) is 14.2. The molecular weight excluding hydrogens is 324 g/mol.